The van der Waals surface area contributed by atoms with Crippen LogP contribution in [0, 0.1) is 11.8 Å². The van der Waals surface area contributed by atoms with Crippen molar-refractivity contribution in [2.24, 2.45) is 11.8 Å². The van der Waals surface area contributed by atoms with E-state index >= 15 is 0 Å². The first-order valence-electron chi connectivity index (χ1n) is 26.4. The zero-order valence-electron chi connectivity index (χ0n) is 40.3. The second-order valence-electron chi connectivity index (χ2n) is 19.1. The number of likely N-dealkylation sites (N-methyl/N-ethyl adjacent to an activating group) is 1. The summed E-state index contributed by atoms with van der Waals surface area (Å²) >= 11 is 4.04. The Morgan fingerprint density at radius 3 is 1.39 bits per heavy atom. The quantitative estimate of drug-likeness (QED) is 0.0475. The Morgan fingerprint density at radius 2 is 0.967 bits per heavy atom. The minimum absolute atomic E-state index is 0.00601. The van der Waals surface area contributed by atoms with Gasteiger partial charge in [-0.2, -0.15) is 23.5 Å². The summed E-state index contributed by atoms with van der Waals surface area (Å²) in [6.07, 6.45) is 40.3. The van der Waals surface area contributed by atoms with Crippen LogP contribution in [0.4, 0.5) is 0 Å². The maximum atomic E-state index is 13.0. The number of carbonyl (C=O) groups excluding carboxylic acids is 2. The lowest BCUT2D eigenvalue weighted by Crippen LogP contribution is -2.34. The van der Waals surface area contributed by atoms with Crippen molar-refractivity contribution in [1.82, 2.24) is 4.90 Å². The maximum absolute atomic E-state index is 13.0. The molecule has 2 saturated carbocycles. The zero-order valence-corrected chi connectivity index (χ0v) is 42.0. The number of rotatable bonds is 42. The second-order valence-corrected chi connectivity index (χ2v) is 21.2. The first-order chi connectivity index (χ1) is 29.9. The van der Waals surface area contributed by atoms with E-state index in [0.29, 0.717) is 32.1 Å². The van der Waals surface area contributed by atoms with E-state index in [1.54, 1.807) is 0 Å². The molecule has 0 aromatic rings. The molecule has 0 radical (unpaired) electrons. The molecule has 0 bridgehead atoms. The molecule has 9 heteroatoms. The van der Waals surface area contributed by atoms with E-state index in [0.717, 1.165) is 107 Å². The van der Waals surface area contributed by atoms with Gasteiger partial charge in [0.15, 0.2) is 0 Å². The Kier molecular flexibility index (Phi) is 38.1. The van der Waals surface area contributed by atoms with Crippen LogP contribution in [0.2, 0.25) is 0 Å². The molecule has 0 aromatic carbocycles. The third kappa shape index (κ3) is 32.8. The van der Waals surface area contributed by atoms with E-state index in [1.807, 2.05) is 23.5 Å². The van der Waals surface area contributed by atoms with Gasteiger partial charge < -0.3 is 24.2 Å². The van der Waals surface area contributed by atoms with Gasteiger partial charge in [-0.05, 0) is 107 Å². The summed E-state index contributed by atoms with van der Waals surface area (Å²) in [4.78, 5) is 28.5. The Labute approximate surface area is 386 Å². The molecule has 2 unspecified atom stereocenters. The summed E-state index contributed by atoms with van der Waals surface area (Å²) in [7, 11) is 2.22. The smallest absolute Gasteiger partial charge is 0.306 e. The van der Waals surface area contributed by atoms with Gasteiger partial charge in [-0.3, -0.25) is 9.59 Å². The molecule has 0 aliphatic heterocycles. The Morgan fingerprint density at radius 1 is 0.557 bits per heavy atom. The van der Waals surface area contributed by atoms with Crippen LogP contribution >= 0.6 is 23.5 Å². The summed E-state index contributed by atoms with van der Waals surface area (Å²) in [5.74, 6) is 5.93. The van der Waals surface area contributed by atoms with E-state index in [9.17, 15) is 14.7 Å². The molecule has 2 aliphatic rings. The maximum Gasteiger partial charge on any atom is 0.306 e. The van der Waals surface area contributed by atoms with E-state index in [-0.39, 0.29) is 30.8 Å². The highest BCUT2D eigenvalue weighted by Crippen LogP contribution is 2.29. The van der Waals surface area contributed by atoms with Gasteiger partial charge in [-0.25, -0.2) is 0 Å². The highest BCUT2D eigenvalue weighted by Gasteiger charge is 2.21. The lowest BCUT2D eigenvalue weighted by Gasteiger charge is -2.29. The molecular formula is C52H99NO6S2. The van der Waals surface area contributed by atoms with Crippen molar-refractivity contribution < 1.29 is 28.9 Å². The molecule has 0 spiro atoms. The number of ether oxygens (including phenoxy) is 3. The van der Waals surface area contributed by atoms with Crippen LogP contribution in [-0.4, -0.2) is 96.6 Å². The summed E-state index contributed by atoms with van der Waals surface area (Å²) < 4.78 is 18.1. The molecule has 2 rings (SSSR count). The highest BCUT2D eigenvalue weighted by atomic mass is 32.2. The number of aliphatic hydroxyl groups is 1. The van der Waals surface area contributed by atoms with Crippen LogP contribution in [0.3, 0.4) is 0 Å². The van der Waals surface area contributed by atoms with Crippen LogP contribution in [0.5, 0.6) is 0 Å². The van der Waals surface area contributed by atoms with Gasteiger partial charge in [-0.15, -0.1) is 0 Å². The number of hydrogen-bond donors (Lipinski definition) is 1. The largest absolute Gasteiger partial charge is 0.461 e. The molecule has 7 nitrogen and oxygen atoms in total. The fourth-order valence-corrected chi connectivity index (χ4v) is 12.0. The predicted molar refractivity (Wildman–Crippen MR) is 264 cm³/mol. The third-order valence-electron chi connectivity index (χ3n) is 13.4. The minimum atomic E-state index is 0.00601. The van der Waals surface area contributed by atoms with Crippen molar-refractivity contribution in [1.29, 1.82) is 0 Å². The molecule has 2 atom stereocenters. The molecule has 61 heavy (non-hydrogen) atoms. The number of thioether (sulfide) groups is 2. The second kappa shape index (κ2) is 41.0. The molecule has 2 fully saturated rings. The first-order valence-corrected chi connectivity index (χ1v) is 28.7. The van der Waals surface area contributed by atoms with Crippen LogP contribution < -0.4 is 0 Å². The molecule has 0 aromatic heterocycles. The number of esters is 2. The number of carbonyl (C=O) groups is 2. The summed E-state index contributed by atoms with van der Waals surface area (Å²) in [6.45, 7) is 6.42. The molecular weight excluding hydrogens is 799 g/mol. The van der Waals surface area contributed by atoms with Crippen LogP contribution in [0.1, 0.15) is 232 Å². The van der Waals surface area contributed by atoms with Gasteiger partial charge in [-0.1, -0.05) is 142 Å². The Hall–Kier alpha value is -0.480. The normalized spacial score (nSPS) is 16.8. The zero-order chi connectivity index (χ0) is 43.9. The third-order valence-corrected chi connectivity index (χ3v) is 16.0. The molecule has 2 aliphatic carbocycles. The van der Waals surface area contributed by atoms with Crippen LogP contribution in [0.25, 0.3) is 0 Å². The van der Waals surface area contributed by atoms with E-state index in [1.165, 1.54) is 140 Å². The van der Waals surface area contributed by atoms with Crippen molar-refractivity contribution in [2.75, 3.05) is 56.4 Å². The van der Waals surface area contributed by atoms with Gasteiger partial charge >= 0.3 is 11.9 Å². The molecule has 0 amide bonds. The topological polar surface area (TPSA) is 85.3 Å². The van der Waals surface area contributed by atoms with Crippen molar-refractivity contribution in [3.63, 3.8) is 0 Å². The fraction of sp³-hybridized carbons (Fsp3) is 0.962. The summed E-state index contributed by atoms with van der Waals surface area (Å²) in [5, 5.41) is 9.24. The first kappa shape index (κ1) is 56.6. The fourth-order valence-electron chi connectivity index (χ4n) is 9.38. The van der Waals surface area contributed by atoms with Crippen LogP contribution in [-0.2, 0) is 23.8 Å². The SMILES string of the molecule is CCCCCCCCCC(=O)OC(CCCCC(CCCCC(CSCC1CCCCC1)OC(=O)CCCCCCCCC)N(C)CCOCCO)CSCC1CCCCC1. The van der Waals surface area contributed by atoms with E-state index < -0.39 is 0 Å². The molecule has 360 valence electrons. The van der Waals surface area contributed by atoms with Crippen molar-refractivity contribution >= 4 is 35.5 Å². The average Bonchev–Trinajstić information content (AvgIpc) is 3.27. The predicted octanol–water partition coefficient (Wildman–Crippen LogP) is 14.1. The molecule has 1 N–H and O–H groups in total. The standard InChI is InChI=1S/C52H99NO6S2/c1-4-6-8-10-12-14-22-36-51(55)58-49(44-60-42-46-28-18-16-19-29-46)34-26-24-32-48(53(3)38-40-57-41-39-54)33-25-27-35-50(45-61-43-47-30-20-17-21-31-47)59-52(56)37-23-15-13-11-9-7-5-2/h46-50,54H,4-45H2,1-3H3. The minimum Gasteiger partial charge on any atom is -0.461 e. The lowest BCUT2D eigenvalue weighted by molar-refractivity contribution is -0.149. The highest BCUT2D eigenvalue weighted by molar-refractivity contribution is 7.99. The summed E-state index contributed by atoms with van der Waals surface area (Å²) in [5.41, 5.74) is 0. The number of aliphatic hydroxyl groups excluding tert-OH is 1. The monoisotopic (exact) mass is 898 g/mol. The molecule has 0 saturated heterocycles. The van der Waals surface area contributed by atoms with Gasteiger partial charge in [0.2, 0.25) is 0 Å². The van der Waals surface area contributed by atoms with Crippen LogP contribution in [0.15, 0.2) is 0 Å². The van der Waals surface area contributed by atoms with Crippen molar-refractivity contribution in [2.45, 2.75) is 250 Å². The number of unbranched alkanes of at least 4 members (excludes halogenated alkanes) is 14. The number of hydrogen-bond acceptors (Lipinski definition) is 9. The van der Waals surface area contributed by atoms with E-state index in [2.05, 4.69) is 25.8 Å². The van der Waals surface area contributed by atoms with Gasteiger partial charge in [0.05, 0.1) is 19.8 Å². The van der Waals surface area contributed by atoms with E-state index in [4.69, 9.17) is 14.2 Å². The number of nitrogens with zero attached hydrogens (tertiary/aromatic N) is 1. The summed E-state index contributed by atoms with van der Waals surface area (Å²) in [6, 6.07) is 0.440. The lowest BCUT2D eigenvalue weighted by atomic mass is 9.91. The van der Waals surface area contributed by atoms with Gasteiger partial charge in [0, 0.05) is 36.9 Å². The average molecular weight is 898 g/mol. The Bertz CT molecular complexity index is 925. The van der Waals surface area contributed by atoms with Gasteiger partial charge in [0.1, 0.15) is 12.2 Å². The Balaban J connectivity index is 1.89. The van der Waals surface area contributed by atoms with Crippen molar-refractivity contribution in [3.05, 3.63) is 0 Å². The van der Waals surface area contributed by atoms with Crippen molar-refractivity contribution in [3.8, 4) is 0 Å². The van der Waals surface area contributed by atoms with Gasteiger partial charge in [0.25, 0.3) is 0 Å². The molecule has 0 heterocycles.